The number of hydrogen-bond donors (Lipinski definition) is 2. The second-order valence-corrected chi connectivity index (χ2v) is 4.67. The van der Waals surface area contributed by atoms with Gasteiger partial charge in [0.05, 0.1) is 5.76 Å². The average molecular weight is 229 g/mol. The average Bonchev–Trinajstić information content (AvgIpc) is 2.14. The first kappa shape index (κ1) is 14.8. The van der Waals surface area contributed by atoms with Crippen molar-refractivity contribution in [2.45, 2.75) is 52.6 Å². The molecule has 0 fully saturated rings. The molecule has 0 saturated carbocycles. The summed E-state index contributed by atoms with van der Waals surface area (Å²) in [7, 11) is 0. The highest BCUT2D eigenvalue weighted by Gasteiger charge is 2.15. The summed E-state index contributed by atoms with van der Waals surface area (Å²) in [4.78, 5) is 11.2. The van der Waals surface area contributed by atoms with E-state index in [2.05, 4.69) is 5.32 Å². The molecule has 0 aliphatic heterocycles. The largest absolute Gasteiger partial charge is 0.513 e. The van der Waals surface area contributed by atoms with Crippen molar-refractivity contribution in [3.05, 3.63) is 11.8 Å². The molecule has 0 aromatic rings. The second kappa shape index (κ2) is 7.14. The van der Waals surface area contributed by atoms with Crippen LogP contribution in [0.1, 0.15) is 47.0 Å². The van der Waals surface area contributed by atoms with E-state index < -0.39 is 5.60 Å². The van der Waals surface area contributed by atoms with Gasteiger partial charge in [-0.3, -0.25) is 0 Å². The number of carbonyl (C=O) groups excluding carboxylic acids is 1. The van der Waals surface area contributed by atoms with Crippen LogP contribution in [0.5, 0.6) is 0 Å². The molecule has 0 heterocycles. The van der Waals surface area contributed by atoms with Gasteiger partial charge in [0.1, 0.15) is 5.60 Å². The third-order valence-corrected chi connectivity index (χ3v) is 1.86. The Hall–Kier alpha value is -1.19. The molecule has 0 aromatic carbocycles. The molecule has 0 aromatic heterocycles. The van der Waals surface area contributed by atoms with Gasteiger partial charge >= 0.3 is 6.09 Å². The molecule has 0 unspecified atom stereocenters. The molecule has 0 atom stereocenters. The molecule has 0 saturated heterocycles. The Morgan fingerprint density at radius 2 is 2.00 bits per heavy atom. The number of alkyl carbamates (subject to hydrolysis) is 1. The number of hydrogen-bond acceptors (Lipinski definition) is 3. The Kier molecular flexibility index (Phi) is 6.61. The van der Waals surface area contributed by atoms with Crippen LogP contribution in [0, 0.1) is 0 Å². The summed E-state index contributed by atoms with van der Waals surface area (Å²) in [6.45, 7) is 7.87. The van der Waals surface area contributed by atoms with Crippen molar-refractivity contribution in [2.24, 2.45) is 0 Å². The van der Waals surface area contributed by atoms with E-state index in [0.717, 1.165) is 12.8 Å². The van der Waals surface area contributed by atoms with Gasteiger partial charge in [-0.05, 0) is 46.6 Å². The molecule has 0 aliphatic carbocycles. The van der Waals surface area contributed by atoms with E-state index in [9.17, 15) is 4.79 Å². The van der Waals surface area contributed by atoms with Gasteiger partial charge in [0.25, 0.3) is 0 Å². The van der Waals surface area contributed by atoms with Gasteiger partial charge in [0, 0.05) is 13.0 Å². The first-order valence-corrected chi connectivity index (χ1v) is 5.66. The zero-order chi connectivity index (χ0) is 12.6. The summed E-state index contributed by atoms with van der Waals surface area (Å²) in [5.41, 5.74) is -0.451. The van der Waals surface area contributed by atoms with Crippen LogP contribution in [0.4, 0.5) is 4.79 Å². The molecule has 2 N–H and O–H groups in total. The number of unbranched alkanes of at least 4 members (excludes halogenated alkanes) is 1. The Labute approximate surface area is 97.7 Å². The van der Waals surface area contributed by atoms with Gasteiger partial charge < -0.3 is 15.2 Å². The number of aliphatic hydroxyl groups excluding tert-OH is 1. The lowest BCUT2D eigenvalue weighted by molar-refractivity contribution is 0.0527. The molecule has 0 aliphatic rings. The maximum Gasteiger partial charge on any atom is 0.407 e. The Morgan fingerprint density at radius 3 is 2.50 bits per heavy atom. The molecular formula is C12H23NO3. The maximum atomic E-state index is 11.2. The fraction of sp³-hybridized carbons (Fsp3) is 0.750. The number of ether oxygens (including phenoxy) is 1. The number of carbonyl (C=O) groups is 1. The zero-order valence-corrected chi connectivity index (χ0v) is 10.7. The predicted molar refractivity (Wildman–Crippen MR) is 64.5 cm³/mol. The van der Waals surface area contributed by atoms with Gasteiger partial charge in [-0.2, -0.15) is 0 Å². The van der Waals surface area contributed by atoms with Gasteiger partial charge in [0.15, 0.2) is 0 Å². The number of aliphatic hydroxyl groups is 1. The Bertz CT molecular complexity index is 241. The highest BCUT2D eigenvalue weighted by Crippen LogP contribution is 2.07. The monoisotopic (exact) mass is 229 g/mol. The number of nitrogens with one attached hydrogen (secondary N) is 1. The Balaban J connectivity index is 3.49. The lowest BCUT2D eigenvalue weighted by Gasteiger charge is -2.19. The summed E-state index contributed by atoms with van der Waals surface area (Å²) in [6, 6.07) is 0. The van der Waals surface area contributed by atoms with E-state index in [1.807, 2.05) is 20.8 Å². The minimum absolute atomic E-state index is 0.386. The van der Waals surface area contributed by atoms with Crippen LogP contribution in [-0.2, 0) is 4.74 Å². The fourth-order valence-corrected chi connectivity index (χ4v) is 1.08. The first-order valence-electron chi connectivity index (χ1n) is 5.66. The van der Waals surface area contributed by atoms with E-state index in [-0.39, 0.29) is 6.09 Å². The number of amides is 1. The number of rotatable bonds is 5. The van der Waals surface area contributed by atoms with Crippen LogP contribution < -0.4 is 5.32 Å². The van der Waals surface area contributed by atoms with Crippen molar-refractivity contribution in [3.8, 4) is 0 Å². The molecule has 1 amide bonds. The summed E-state index contributed by atoms with van der Waals surface area (Å²) < 4.78 is 5.08. The minimum Gasteiger partial charge on any atom is -0.513 e. The van der Waals surface area contributed by atoms with Crippen LogP contribution in [0.2, 0.25) is 0 Å². The smallest absolute Gasteiger partial charge is 0.407 e. The van der Waals surface area contributed by atoms with Gasteiger partial charge in [-0.25, -0.2) is 4.79 Å². The van der Waals surface area contributed by atoms with Crippen molar-refractivity contribution in [2.75, 3.05) is 6.54 Å². The maximum absolute atomic E-state index is 11.2. The van der Waals surface area contributed by atoms with E-state index in [1.54, 1.807) is 13.0 Å². The van der Waals surface area contributed by atoms with Gasteiger partial charge in [0.2, 0.25) is 0 Å². The van der Waals surface area contributed by atoms with Crippen LogP contribution in [-0.4, -0.2) is 23.3 Å². The van der Waals surface area contributed by atoms with Crippen LogP contribution >= 0.6 is 0 Å². The van der Waals surface area contributed by atoms with E-state index >= 15 is 0 Å². The molecule has 0 radical (unpaired) electrons. The van der Waals surface area contributed by atoms with Crippen molar-refractivity contribution < 1.29 is 14.6 Å². The van der Waals surface area contributed by atoms with Crippen LogP contribution in [0.25, 0.3) is 0 Å². The molecule has 0 spiro atoms. The summed E-state index contributed by atoms with van der Waals surface area (Å²) >= 11 is 0. The van der Waals surface area contributed by atoms with Crippen LogP contribution in [0.15, 0.2) is 11.8 Å². The van der Waals surface area contributed by atoms with E-state index in [1.165, 1.54) is 0 Å². The highest BCUT2D eigenvalue weighted by atomic mass is 16.6. The lowest BCUT2D eigenvalue weighted by Crippen LogP contribution is -2.32. The first-order chi connectivity index (χ1) is 7.35. The standard InChI is InChI=1S/C12H23NO3/c1-5-10(14)8-6-7-9-13-11(15)16-12(2,3)4/h5,14H,6-9H2,1-4H3,(H,13,15)/b10-5-. The number of allylic oxidation sites excluding steroid dienone is 2. The molecule has 16 heavy (non-hydrogen) atoms. The zero-order valence-electron chi connectivity index (χ0n) is 10.7. The molecule has 0 rings (SSSR count). The van der Waals surface area contributed by atoms with E-state index in [0.29, 0.717) is 18.7 Å². The minimum atomic E-state index is -0.451. The van der Waals surface area contributed by atoms with E-state index in [4.69, 9.17) is 9.84 Å². The van der Waals surface area contributed by atoms with Gasteiger partial charge in [-0.1, -0.05) is 0 Å². The normalized spacial score (nSPS) is 12.4. The quantitative estimate of drug-likeness (QED) is 0.562. The molecule has 4 nitrogen and oxygen atoms in total. The third kappa shape index (κ3) is 9.37. The summed E-state index contributed by atoms with van der Waals surface area (Å²) in [5.74, 6) is 0.400. The molecular weight excluding hydrogens is 206 g/mol. The molecule has 0 bridgehead atoms. The lowest BCUT2D eigenvalue weighted by atomic mass is 10.2. The van der Waals surface area contributed by atoms with Gasteiger partial charge in [-0.15, -0.1) is 0 Å². The molecule has 94 valence electrons. The van der Waals surface area contributed by atoms with Crippen LogP contribution in [0.3, 0.4) is 0 Å². The van der Waals surface area contributed by atoms with Crippen molar-refractivity contribution in [1.82, 2.24) is 5.32 Å². The summed E-state index contributed by atoms with van der Waals surface area (Å²) in [6.07, 6.45) is 3.64. The molecule has 4 heteroatoms. The van der Waals surface area contributed by atoms with Crippen molar-refractivity contribution >= 4 is 6.09 Å². The topological polar surface area (TPSA) is 58.6 Å². The second-order valence-electron chi connectivity index (χ2n) is 4.67. The van der Waals surface area contributed by atoms with Crippen molar-refractivity contribution in [3.63, 3.8) is 0 Å². The SMILES string of the molecule is C/C=C(\O)CCCCNC(=O)OC(C)(C)C. The summed E-state index contributed by atoms with van der Waals surface area (Å²) in [5, 5.41) is 11.8. The Morgan fingerprint density at radius 1 is 1.38 bits per heavy atom. The van der Waals surface area contributed by atoms with Crippen molar-refractivity contribution in [1.29, 1.82) is 0 Å². The predicted octanol–water partition coefficient (Wildman–Crippen LogP) is 3.14. The third-order valence-electron chi connectivity index (χ3n) is 1.86. The highest BCUT2D eigenvalue weighted by molar-refractivity contribution is 5.67. The fourth-order valence-electron chi connectivity index (χ4n) is 1.08.